The zero-order valence-electron chi connectivity index (χ0n) is 14.5. The summed E-state index contributed by atoms with van der Waals surface area (Å²) in [4.78, 5) is 18.4. The number of piperidine rings is 1. The number of hydrogen-bond acceptors (Lipinski definition) is 3. The third-order valence-electron chi connectivity index (χ3n) is 5.45. The highest BCUT2D eigenvalue weighted by atomic mass is 127. The average Bonchev–Trinajstić information content (AvgIpc) is 3.34. The molecule has 3 aliphatic rings. The highest BCUT2D eigenvalue weighted by Gasteiger charge is 2.35. The lowest BCUT2D eigenvalue weighted by Crippen LogP contribution is -2.50. The summed E-state index contributed by atoms with van der Waals surface area (Å²) in [6, 6.07) is 0.373. The lowest BCUT2D eigenvalue weighted by Gasteiger charge is -2.33. The Balaban J connectivity index is 0.00000208. The molecule has 24 heavy (non-hydrogen) atoms. The van der Waals surface area contributed by atoms with E-state index in [1.54, 1.807) is 7.05 Å². The zero-order valence-corrected chi connectivity index (χ0v) is 16.9. The molecule has 3 rings (SSSR count). The van der Waals surface area contributed by atoms with E-state index in [-0.39, 0.29) is 30.1 Å². The van der Waals surface area contributed by atoms with Gasteiger partial charge in [-0.2, -0.15) is 0 Å². The molecule has 0 aromatic carbocycles. The number of amides is 1. The highest BCUT2D eigenvalue weighted by molar-refractivity contribution is 14.0. The van der Waals surface area contributed by atoms with Crippen molar-refractivity contribution in [1.29, 1.82) is 0 Å². The van der Waals surface area contributed by atoms with Crippen LogP contribution in [0.4, 0.5) is 0 Å². The molecule has 1 amide bonds. The third kappa shape index (κ3) is 5.21. The molecule has 0 radical (unpaired) electrons. The molecule has 3 fully saturated rings. The molecule has 2 aliphatic carbocycles. The molecule has 2 unspecified atom stereocenters. The van der Waals surface area contributed by atoms with Gasteiger partial charge >= 0.3 is 0 Å². The average molecular weight is 450 g/mol. The SMILES string of the molecule is CN=C(NCC1CCCC1O)NC1CCN(C(=O)C2CC2)CC1.I. The number of hydrogen-bond donors (Lipinski definition) is 3. The number of likely N-dealkylation sites (tertiary alicyclic amines) is 1. The van der Waals surface area contributed by atoms with E-state index in [4.69, 9.17) is 0 Å². The summed E-state index contributed by atoms with van der Waals surface area (Å²) in [5.74, 6) is 1.84. The molecule has 0 bridgehead atoms. The van der Waals surface area contributed by atoms with Gasteiger partial charge in [-0.3, -0.25) is 9.79 Å². The van der Waals surface area contributed by atoms with Crippen molar-refractivity contribution in [3.8, 4) is 0 Å². The van der Waals surface area contributed by atoms with Crippen LogP contribution in [-0.4, -0.2) is 60.7 Å². The van der Waals surface area contributed by atoms with Gasteiger partial charge in [0.05, 0.1) is 6.10 Å². The third-order valence-corrected chi connectivity index (χ3v) is 5.45. The molecule has 138 valence electrons. The summed E-state index contributed by atoms with van der Waals surface area (Å²) in [5, 5.41) is 16.7. The lowest BCUT2D eigenvalue weighted by molar-refractivity contribution is -0.133. The van der Waals surface area contributed by atoms with Crippen molar-refractivity contribution >= 4 is 35.8 Å². The first kappa shape index (κ1) is 19.8. The van der Waals surface area contributed by atoms with Crippen LogP contribution in [0.25, 0.3) is 0 Å². The molecular weight excluding hydrogens is 419 g/mol. The number of guanidine groups is 1. The summed E-state index contributed by atoms with van der Waals surface area (Å²) < 4.78 is 0. The summed E-state index contributed by atoms with van der Waals surface area (Å²) in [6.45, 7) is 2.48. The van der Waals surface area contributed by atoms with E-state index in [2.05, 4.69) is 15.6 Å². The van der Waals surface area contributed by atoms with Crippen molar-refractivity contribution < 1.29 is 9.90 Å². The lowest BCUT2D eigenvalue weighted by atomic mass is 10.0. The number of nitrogens with zero attached hydrogens (tertiary/aromatic N) is 2. The Morgan fingerprint density at radius 3 is 2.42 bits per heavy atom. The van der Waals surface area contributed by atoms with Gasteiger partial charge in [-0.05, 0) is 38.5 Å². The Labute approximate surface area is 161 Å². The highest BCUT2D eigenvalue weighted by Crippen LogP contribution is 2.31. The maximum Gasteiger partial charge on any atom is 0.225 e. The minimum Gasteiger partial charge on any atom is -0.393 e. The number of carbonyl (C=O) groups is 1. The van der Waals surface area contributed by atoms with Crippen molar-refractivity contribution in [3.63, 3.8) is 0 Å². The van der Waals surface area contributed by atoms with Crippen LogP contribution < -0.4 is 10.6 Å². The minimum absolute atomic E-state index is 0. The second-order valence-corrected chi connectivity index (χ2v) is 7.23. The molecular formula is C17H31IN4O2. The topological polar surface area (TPSA) is 77.0 Å². The number of aliphatic imine (C=N–C) groups is 1. The predicted octanol–water partition coefficient (Wildman–Crippen LogP) is 1.33. The smallest absolute Gasteiger partial charge is 0.225 e. The van der Waals surface area contributed by atoms with E-state index in [1.807, 2.05) is 4.90 Å². The minimum atomic E-state index is -0.169. The van der Waals surface area contributed by atoms with Gasteiger partial charge in [0.25, 0.3) is 0 Å². The van der Waals surface area contributed by atoms with Gasteiger partial charge in [0.2, 0.25) is 5.91 Å². The van der Waals surface area contributed by atoms with E-state index < -0.39 is 0 Å². The van der Waals surface area contributed by atoms with Gasteiger partial charge in [-0.25, -0.2) is 0 Å². The van der Waals surface area contributed by atoms with Crippen molar-refractivity contribution in [1.82, 2.24) is 15.5 Å². The fraction of sp³-hybridized carbons (Fsp3) is 0.882. The predicted molar refractivity (Wildman–Crippen MR) is 106 cm³/mol. The molecule has 3 N–H and O–H groups in total. The van der Waals surface area contributed by atoms with Crippen molar-refractivity contribution in [2.75, 3.05) is 26.7 Å². The largest absolute Gasteiger partial charge is 0.393 e. The van der Waals surface area contributed by atoms with E-state index in [0.717, 1.165) is 70.5 Å². The molecule has 0 spiro atoms. The number of rotatable bonds is 4. The van der Waals surface area contributed by atoms with Gasteiger partial charge < -0.3 is 20.6 Å². The van der Waals surface area contributed by atoms with Gasteiger partial charge in [0.1, 0.15) is 0 Å². The Kier molecular flexibility index (Phi) is 7.59. The Morgan fingerprint density at radius 1 is 1.17 bits per heavy atom. The van der Waals surface area contributed by atoms with Crippen molar-refractivity contribution in [2.24, 2.45) is 16.8 Å². The second kappa shape index (κ2) is 9.22. The first-order valence-corrected chi connectivity index (χ1v) is 9.11. The number of carbonyl (C=O) groups excluding carboxylic acids is 1. The first-order valence-electron chi connectivity index (χ1n) is 9.11. The van der Waals surface area contributed by atoms with E-state index in [9.17, 15) is 9.90 Å². The number of halogens is 1. The summed E-state index contributed by atoms with van der Waals surface area (Å²) in [5.41, 5.74) is 0. The fourth-order valence-electron chi connectivity index (χ4n) is 3.70. The van der Waals surface area contributed by atoms with Gasteiger partial charge in [-0.1, -0.05) is 6.42 Å². The summed E-state index contributed by atoms with van der Waals surface area (Å²) in [7, 11) is 1.78. The summed E-state index contributed by atoms with van der Waals surface area (Å²) >= 11 is 0. The van der Waals surface area contributed by atoms with E-state index >= 15 is 0 Å². The molecule has 1 saturated heterocycles. The van der Waals surface area contributed by atoms with Crippen LogP contribution in [0.2, 0.25) is 0 Å². The van der Waals surface area contributed by atoms with Crippen LogP contribution in [0.3, 0.4) is 0 Å². The van der Waals surface area contributed by atoms with Crippen LogP contribution in [0.5, 0.6) is 0 Å². The van der Waals surface area contributed by atoms with E-state index in [0.29, 0.717) is 23.8 Å². The van der Waals surface area contributed by atoms with Crippen LogP contribution in [0.15, 0.2) is 4.99 Å². The monoisotopic (exact) mass is 450 g/mol. The Hall–Kier alpha value is -0.570. The molecule has 6 nitrogen and oxygen atoms in total. The second-order valence-electron chi connectivity index (χ2n) is 7.23. The number of nitrogens with one attached hydrogen (secondary N) is 2. The van der Waals surface area contributed by atoms with Crippen LogP contribution in [-0.2, 0) is 4.79 Å². The standard InChI is InChI=1S/C17H30N4O2.HI/c1-18-17(19-11-13-3-2-4-15(13)22)20-14-7-9-21(10-8-14)16(23)12-5-6-12;/h12-15,22H,2-11H2,1H3,(H2,18,19,20);1H. The molecule has 2 saturated carbocycles. The van der Waals surface area contributed by atoms with Crippen LogP contribution in [0.1, 0.15) is 44.9 Å². The molecule has 7 heteroatoms. The van der Waals surface area contributed by atoms with Gasteiger partial charge in [-0.15, -0.1) is 24.0 Å². The molecule has 0 aromatic rings. The normalized spacial score (nSPS) is 28.4. The van der Waals surface area contributed by atoms with Crippen molar-refractivity contribution in [2.45, 2.75) is 57.1 Å². The quantitative estimate of drug-likeness (QED) is 0.343. The Bertz CT molecular complexity index is 448. The van der Waals surface area contributed by atoms with E-state index in [1.165, 1.54) is 0 Å². The molecule has 0 aromatic heterocycles. The molecule has 2 atom stereocenters. The zero-order chi connectivity index (χ0) is 16.2. The molecule has 1 aliphatic heterocycles. The van der Waals surface area contributed by atoms with Crippen LogP contribution >= 0.6 is 24.0 Å². The maximum absolute atomic E-state index is 12.1. The van der Waals surface area contributed by atoms with Gasteiger partial charge in [0, 0.05) is 44.6 Å². The van der Waals surface area contributed by atoms with Crippen molar-refractivity contribution in [3.05, 3.63) is 0 Å². The maximum atomic E-state index is 12.1. The number of aliphatic hydroxyl groups excluding tert-OH is 1. The number of aliphatic hydroxyl groups is 1. The van der Waals surface area contributed by atoms with Gasteiger partial charge in [0.15, 0.2) is 5.96 Å². The Morgan fingerprint density at radius 2 is 1.88 bits per heavy atom. The first-order chi connectivity index (χ1) is 11.2. The molecule has 1 heterocycles. The fourth-order valence-corrected chi connectivity index (χ4v) is 3.70. The van der Waals surface area contributed by atoms with Crippen LogP contribution in [0, 0.1) is 11.8 Å². The summed E-state index contributed by atoms with van der Waals surface area (Å²) in [6.07, 6.45) is 7.08.